The van der Waals surface area contributed by atoms with Gasteiger partial charge in [0.05, 0.1) is 12.2 Å². The summed E-state index contributed by atoms with van der Waals surface area (Å²) in [6, 6.07) is 0. The van der Waals surface area contributed by atoms with Gasteiger partial charge in [-0.2, -0.15) is 0 Å². The molecular weight excluding hydrogens is 332 g/mol. The number of rotatable bonds is 2. The van der Waals surface area contributed by atoms with Crippen molar-refractivity contribution in [3.63, 3.8) is 0 Å². The maximum absolute atomic E-state index is 12.1. The van der Waals surface area contributed by atoms with E-state index in [2.05, 4.69) is 16.8 Å². The topological polar surface area (TPSA) is 39.7 Å². The first-order chi connectivity index (χ1) is 12.1. The summed E-state index contributed by atoms with van der Waals surface area (Å²) in [7, 11) is 4.19. The van der Waals surface area contributed by atoms with E-state index in [-0.39, 0.29) is 5.54 Å². The molecule has 1 amide bonds. The third-order valence-electron chi connectivity index (χ3n) is 6.47. The number of piperazine rings is 1. The molecule has 2 aliphatic heterocycles. The Balaban J connectivity index is 1.46. The van der Waals surface area contributed by atoms with Crippen molar-refractivity contribution in [2.75, 3.05) is 40.3 Å². The number of likely N-dealkylation sites (tertiary alicyclic amines) is 1. The number of nitrogens with zero attached hydrogens (tertiary/aromatic N) is 4. The van der Waals surface area contributed by atoms with Crippen LogP contribution in [-0.2, 0) is 24.2 Å². The minimum absolute atomic E-state index is 0.148. The maximum atomic E-state index is 12.1. The molecule has 6 heteroatoms. The predicted molar refractivity (Wildman–Crippen MR) is 101 cm³/mol. The SMILES string of the molecule is CN1CC[C@@]2(CCC1=O)CN(Cc1nc3c(s1)CCCC3)CCN2C. The van der Waals surface area contributed by atoms with E-state index in [1.807, 2.05) is 23.3 Å². The molecule has 138 valence electrons. The standard InChI is InChI=1S/C19H30N4OS/c1-21-10-9-19(8-7-18(21)24)14-23(12-11-22(19)2)13-17-20-15-5-3-4-6-16(15)25-17/h3-14H2,1-2H3/t19-/m0/s1. The summed E-state index contributed by atoms with van der Waals surface area (Å²) >= 11 is 1.94. The van der Waals surface area contributed by atoms with Gasteiger partial charge in [0.15, 0.2) is 0 Å². The van der Waals surface area contributed by atoms with E-state index >= 15 is 0 Å². The lowest BCUT2D eigenvalue weighted by Crippen LogP contribution is -2.60. The molecule has 25 heavy (non-hydrogen) atoms. The van der Waals surface area contributed by atoms with E-state index in [1.165, 1.54) is 41.3 Å². The number of thiazole rings is 1. The van der Waals surface area contributed by atoms with Crippen molar-refractivity contribution in [2.45, 2.75) is 57.0 Å². The number of fused-ring (bicyclic) bond motifs is 1. The minimum Gasteiger partial charge on any atom is -0.346 e. The molecule has 2 fully saturated rings. The summed E-state index contributed by atoms with van der Waals surface area (Å²) in [5.74, 6) is 0.301. The van der Waals surface area contributed by atoms with Gasteiger partial charge in [-0.3, -0.25) is 14.6 Å². The molecule has 0 saturated carbocycles. The zero-order chi connectivity index (χ0) is 17.4. The Bertz CT molecular complexity index is 622. The van der Waals surface area contributed by atoms with Crippen LogP contribution in [0.5, 0.6) is 0 Å². The molecule has 0 unspecified atom stereocenters. The normalized spacial score (nSPS) is 29.0. The average molecular weight is 363 g/mol. The smallest absolute Gasteiger partial charge is 0.222 e. The highest BCUT2D eigenvalue weighted by atomic mass is 32.1. The van der Waals surface area contributed by atoms with Gasteiger partial charge in [-0.15, -0.1) is 11.3 Å². The molecular formula is C19H30N4OS. The highest BCUT2D eigenvalue weighted by Gasteiger charge is 2.41. The van der Waals surface area contributed by atoms with Crippen molar-refractivity contribution in [1.82, 2.24) is 19.7 Å². The molecule has 1 aromatic heterocycles. The number of aryl methyl sites for hydroxylation is 2. The number of hydrogen-bond donors (Lipinski definition) is 0. The summed E-state index contributed by atoms with van der Waals surface area (Å²) in [5, 5.41) is 1.30. The van der Waals surface area contributed by atoms with Crippen LogP contribution in [0.15, 0.2) is 0 Å². The fourth-order valence-electron chi connectivity index (χ4n) is 4.64. The van der Waals surface area contributed by atoms with Crippen LogP contribution in [0.4, 0.5) is 0 Å². The van der Waals surface area contributed by atoms with Crippen LogP contribution in [0, 0.1) is 0 Å². The molecule has 3 heterocycles. The van der Waals surface area contributed by atoms with Crippen LogP contribution < -0.4 is 0 Å². The molecule has 1 aromatic rings. The number of carbonyl (C=O) groups is 1. The van der Waals surface area contributed by atoms with Gasteiger partial charge >= 0.3 is 0 Å². The van der Waals surface area contributed by atoms with Gasteiger partial charge < -0.3 is 4.90 Å². The van der Waals surface area contributed by atoms with E-state index in [0.29, 0.717) is 12.3 Å². The van der Waals surface area contributed by atoms with Gasteiger partial charge in [0.25, 0.3) is 0 Å². The number of carbonyl (C=O) groups excluding carboxylic acids is 1. The molecule has 1 aliphatic carbocycles. The molecule has 3 aliphatic rings. The Hall–Kier alpha value is -0.980. The Morgan fingerprint density at radius 3 is 2.76 bits per heavy atom. The lowest BCUT2D eigenvalue weighted by molar-refractivity contribution is -0.129. The third-order valence-corrected chi connectivity index (χ3v) is 7.61. The monoisotopic (exact) mass is 362 g/mol. The zero-order valence-electron chi connectivity index (χ0n) is 15.6. The van der Waals surface area contributed by atoms with E-state index in [4.69, 9.17) is 4.98 Å². The van der Waals surface area contributed by atoms with Crippen molar-refractivity contribution in [2.24, 2.45) is 0 Å². The van der Waals surface area contributed by atoms with Crippen molar-refractivity contribution in [3.05, 3.63) is 15.6 Å². The van der Waals surface area contributed by atoms with Crippen molar-refractivity contribution in [3.8, 4) is 0 Å². The van der Waals surface area contributed by atoms with E-state index < -0.39 is 0 Å². The first-order valence-corrected chi connectivity index (χ1v) is 10.5. The first-order valence-electron chi connectivity index (χ1n) is 9.71. The van der Waals surface area contributed by atoms with Crippen molar-refractivity contribution >= 4 is 17.2 Å². The Morgan fingerprint density at radius 2 is 1.92 bits per heavy atom. The molecule has 0 aromatic carbocycles. The summed E-state index contributed by atoms with van der Waals surface area (Å²) in [6.07, 6.45) is 7.78. The van der Waals surface area contributed by atoms with Crippen LogP contribution >= 0.6 is 11.3 Å². The van der Waals surface area contributed by atoms with Crippen LogP contribution in [-0.4, -0.2) is 71.4 Å². The quantitative estimate of drug-likeness (QED) is 0.808. The number of amides is 1. The lowest BCUT2D eigenvalue weighted by Gasteiger charge is -2.49. The first kappa shape index (κ1) is 17.4. The summed E-state index contributed by atoms with van der Waals surface area (Å²) in [5.41, 5.74) is 1.52. The second-order valence-corrected chi connectivity index (χ2v) is 9.27. The minimum atomic E-state index is 0.148. The molecule has 0 bridgehead atoms. The molecule has 1 atom stereocenters. The van der Waals surface area contributed by atoms with Gasteiger partial charge in [-0.25, -0.2) is 4.98 Å². The van der Waals surface area contributed by atoms with Crippen LogP contribution in [0.3, 0.4) is 0 Å². The van der Waals surface area contributed by atoms with Gasteiger partial charge in [0.2, 0.25) is 5.91 Å². The Kier molecular flexibility index (Phi) is 4.86. The van der Waals surface area contributed by atoms with Crippen molar-refractivity contribution in [1.29, 1.82) is 0 Å². The van der Waals surface area contributed by atoms with Crippen LogP contribution in [0.2, 0.25) is 0 Å². The van der Waals surface area contributed by atoms with Crippen LogP contribution in [0.1, 0.15) is 47.7 Å². The number of likely N-dealkylation sites (N-methyl/N-ethyl adjacent to an activating group) is 1. The summed E-state index contributed by atoms with van der Waals surface area (Å²) < 4.78 is 0. The highest BCUT2D eigenvalue weighted by molar-refractivity contribution is 7.11. The predicted octanol–water partition coefficient (Wildman–Crippen LogP) is 2.15. The lowest BCUT2D eigenvalue weighted by atomic mass is 9.86. The van der Waals surface area contributed by atoms with Gasteiger partial charge in [-0.05, 0) is 45.6 Å². The molecule has 0 radical (unpaired) electrons. The van der Waals surface area contributed by atoms with Gasteiger partial charge in [0.1, 0.15) is 5.01 Å². The second-order valence-electron chi connectivity index (χ2n) is 8.11. The fourth-order valence-corrected chi connectivity index (χ4v) is 5.84. The molecule has 1 spiro atoms. The number of hydrogen-bond acceptors (Lipinski definition) is 5. The second kappa shape index (κ2) is 6.97. The van der Waals surface area contributed by atoms with Gasteiger partial charge in [-0.1, -0.05) is 0 Å². The average Bonchev–Trinajstić information content (AvgIpc) is 2.96. The molecule has 4 rings (SSSR count). The van der Waals surface area contributed by atoms with E-state index in [0.717, 1.165) is 45.6 Å². The number of aromatic nitrogens is 1. The van der Waals surface area contributed by atoms with Gasteiger partial charge in [0, 0.05) is 50.1 Å². The molecule has 2 saturated heterocycles. The maximum Gasteiger partial charge on any atom is 0.222 e. The Labute approximate surface area is 155 Å². The Morgan fingerprint density at radius 1 is 1.08 bits per heavy atom. The van der Waals surface area contributed by atoms with Crippen LogP contribution in [0.25, 0.3) is 0 Å². The summed E-state index contributed by atoms with van der Waals surface area (Å²) in [6.45, 7) is 5.11. The molecule has 0 N–H and O–H groups in total. The summed E-state index contributed by atoms with van der Waals surface area (Å²) in [4.78, 5) is 25.6. The zero-order valence-corrected chi connectivity index (χ0v) is 16.4. The van der Waals surface area contributed by atoms with E-state index in [9.17, 15) is 4.79 Å². The third kappa shape index (κ3) is 3.49. The van der Waals surface area contributed by atoms with Crippen molar-refractivity contribution < 1.29 is 4.79 Å². The fraction of sp³-hybridized carbons (Fsp3) is 0.789. The highest BCUT2D eigenvalue weighted by Crippen LogP contribution is 2.33. The largest absolute Gasteiger partial charge is 0.346 e. The van der Waals surface area contributed by atoms with E-state index in [1.54, 1.807) is 0 Å². The molecule has 5 nitrogen and oxygen atoms in total.